The zero-order valence-electron chi connectivity index (χ0n) is 18.3. The Morgan fingerprint density at radius 3 is 2.45 bits per heavy atom. The van der Waals surface area contributed by atoms with E-state index in [9.17, 15) is 4.79 Å². The molecule has 170 valence electrons. The number of carbonyl (C=O) groups is 1. The molecule has 0 saturated carbocycles. The molecule has 9 nitrogen and oxygen atoms in total. The van der Waals surface area contributed by atoms with Crippen molar-refractivity contribution < 1.29 is 23.7 Å². The third-order valence-corrected chi connectivity index (χ3v) is 4.78. The number of methoxy groups -OCH3 is 2. The van der Waals surface area contributed by atoms with Gasteiger partial charge in [0.25, 0.3) is 5.91 Å². The summed E-state index contributed by atoms with van der Waals surface area (Å²) in [7, 11) is 3.05. The summed E-state index contributed by atoms with van der Waals surface area (Å²) in [5.41, 5.74) is 1.81. The highest BCUT2D eigenvalue weighted by Gasteiger charge is 2.15. The molecule has 2 aromatic carbocycles. The minimum absolute atomic E-state index is 0.254. The second-order valence-electron chi connectivity index (χ2n) is 7.02. The van der Waals surface area contributed by atoms with Gasteiger partial charge in [-0.3, -0.25) is 15.1 Å². The average Bonchev–Trinajstić information content (AvgIpc) is 2.87. The highest BCUT2D eigenvalue weighted by Crippen LogP contribution is 2.32. The Morgan fingerprint density at radius 1 is 1.00 bits per heavy atom. The number of benzene rings is 2. The van der Waals surface area contributed by atoms with Crippen molar-refractivity contribution in [1.29, 1.82) is 0 Å². The summed E-state index contributed by atoms with van der Waals surface area (Å²) in [5.74, 6) is 2.18. The molecule has 0 spiro atoms. The predicted octanol–water partition coefficient (Wildman–Crippen LogP) is 3.27. The second kappa shape index (κ2) is 10.4. The molecule has 9 heteroatoms. The molecule has 0 bridgehead atoms. The van der Waals surface area contributed by atoms with Crippen molar-refractivity contribution in [2.45, 2.75) is 6.54 Å². The van der Waals surface area contributed by atoms with Crippen molar-refractivity contribution in [3.8, 4) is 23.0 Å². The van der Waals surface area contributed by atoms with Crippen molar-refractivity contribution in [3.05, 3.63) is 72.1 Å². The summed E-state index contributed by atoms with van der Waals surface area (Å²) < 4.78 is 21.7. The van der Waals surface area contributed by atoms with E-state index >= 15 is 0 Å². The topological polar surface area (TPSA) is 103 Å². The maximum atomic E-state index is 13.0. The van der Waals surface area contributed by atoms with E-state index in [1.807, 2.05) is 30.3 Å². The number of aromatic nitrogens is 1. The first-order valence-electron chi connectivity index (χ1n) is 10.3. The van der Waals surface area contributed by atoms with Gasteiger partial charge in [0.15, 0.2) is 11.5 Å². The Bertz CT molecular complexity index is 1130. The van der Waals surface area contributed by atoms with E-state index in [-0.39, 0.29) is 18.4 Å². The van der Waals surface area contributed by atoms with Gasteiger partial charge in [-0.05, 0) is 36.4 Å². The number of fused-ring (bicyclic) bond motifs is 1. The summed E-state index contributed by atoms with van der Waals surface area (Å²) in [6.45, 7) is 1.26. The lowest BCUT2D eigenvalue weighted by molar-refractivity contribution is 0.0976. The maximum absolute atomic E-state index is 13.0. The van der Waals surface area contributed by atoms with Crippen LogP contribution in [0.3, 0.4) is 0 Å². The first-order valence-corrected chi connectivity index (χ1v) is 10.3. The molecule has 0 fully saturated rings. The molecule has 0 aliphatic carbocycles. The number of guanidine groups is 1. The van der Waals surface area contributed by atoms with Crippen LogP contribution in [0.15, 0.2) is 65.8 Å². The van der Waals surface area contributed by atoms with Gasteiger partial charge in [0.2, 0.25) is 5.96 Å². The Labute approximate surface area is 191 Å². The fourth-order valence-electron chi connectivity index (χ4n) is 3.14. The SMILES string of the molecule is COc1cc(OC)cc(C(=O)NC(=NCc2ccccn2)Nc2ccc3c(c2)OCCO3)c1. The highest BCUT2D eigenvalue weighted by atomic mass is 16.6. The van der Waals surface area contributed by atoms with Crippen LogP contribution in [0.2, 0.25) is 0 Å². The van der Waals surface area contributed by atoms with E-state index in [1.54, 1.807) is 30.5 Å². The smallest absolute Gasteiger partial charge is 0.258 e. The van der Waals surface area contributed by atoms with Crippen LogP contribution in [0.1, 0.15) is 16.1 Å². The molecule has 0 saturated heterocycles. The Kier molecular flexibility index (Phi) is 6.89. The summed E-state index contributed by atoms with van der Waals surface area (Å²) in [6, 6.07) is 15.9. The minimum Gasteiger partial charge on any atom is -0.497 e. The van der Waals surface area contributed by atoms with Gasteiger partial charge in [-0.15, -0.1) is 0 Å². The number of amides is 1. The maximum Gasteiger partial charge on any atom is 0.258 e. The van der Waals surface area contributed by atoms with Crippen LogP contribution in [0.25, 0.3) is 0 Å². The summed E-state index contributed by atoms with van der Waals surface area (Å²) in [5, 5.41) is 5.97. The number of rotatable bonds is 6. The van der Waals surface area contributed by atoms with E-state index < -0.39 is 0 Å². The summed E-state index contributed by atoms with van der Waals surface area (Å²) >= 11 is 0. The number of anilines is 1. The lowest BCUT2D eigenvalue weighted by Gasteiger charge is -2.19. The Balaban J connectivity index is 1.58. The molecule has 0 atom stereocenters. The van der Waals surface area contributed by atoms with Crippen LogP contribution < -0.4 is 29.6 Å². The molecule has 2 N–H and O–H groups in total. The summed E-state index contributed by atoms with van der Waals surface area (Å²) in [6.07, 6.45) is 1.69. The Hall–Kier alpha value is -4.27. The number of nitrogens with zero attached hydrogens (tertiary/aromatic N) is 2. The molecule has 1 amide bonds. The molecule has 3 aromatic rings. The standard InChI is InChI=1S/C24H24N4O5/c1-30-19-11-16(12-20(14-19)31-2)23(29)28-24(26-15-18-5-3-4-8-25-18)27-17-6-7-21-22(13-17)33-10-9-32-21/h3-8,11-14H,9-10,15H2,1-2H3,(H2,26,27,28,29). The van der Waals surface area contributed by atoms with Crippen molar-refractivity contribution in [1.82, 2.24) is 10.3 Å². The molecule has 4 rings (SSSR count). The fourth-order valence-corrected chi connectivity index (χ4v) is 3.14. The van der Waals surface area contributed by atoms with Crippen LogP contribution in [-0.4, -0.2) is 44.3 Å². The van der Waals surface area contributed by atoms with Crippen molar-refractivity contribution in [3.63, 3.8) is 0 Å². The third kappa shape index (κ3) is 5.70. The molecule has 1 aromatic heterocycles. The normalized spacial score (nSPS) is 12.6. The highest BCUT2D eigenvalue weighted by molar-refractivity contribution is 6.10. The molecule has 1 aliphatic rings. The Morgan fingerprint density at radius 2 is 1.76 bits per heavy atom. The van der Waals surface area contributed by atoms with E-state index in [4.69, 9.17) is 18.9 Å². The quantitative estimate of drug-likeness (QED) is 0.441. The average molecular weight is 448 g/mol. The van der Waals surface area contributed by atoms with Gasteiger partial charge in [-0.2, -0.15) is 0 Å². The van der Waals surface area contributed by atoms with Crippen molar-refractivity contribution >= 4 is 17.6 Å². The van der Waals surface area contributed by atoms with Crippen LogP contribution in [0.5, 0.6) is 23.0 Å². The molecule has 1 aliphatic heterocycles. The van der Waals surface area contributed by atoms with Gasteiger partial charge >= 0.3 is 0 Å². The molecule has 0 radical (unpaired) electrons. The second-order valence-corrected chi connectivity index (χ2v) is 7.02. The number of hydrogen-bond donors (Lipinski definition) is 2. The lowest BCUT2D eigenvalue weighted by atomic mass is 10.2. The zero-order chi connectivity index (χ0) is 23.0. The monoisotopic (exact) mass is 448 g/mol. The van der Waals surface area contributed by atoms with Gasteiger partial charge in [0, 0.05) is 29.6 Å². The first kappa shape index (κ1) is 21.9. The molecule has 0 unspecified atom stereocenters. The van der Waals surface area contributed by atoms with Gasteiger partial charge in [-0.1, -0.05) is 6.07 Å². The van der Waals surface area contributed by atoms with Crippen LogP contribution in [0, 0.1) is 0 Å². The molecular weight excluding hydrogens is 424 g/mol. The van der Waals surface area contributed by atoms with Crippen LogP contribution in [0.4, 0.5) is 5.69 Å². The minimum atomic E-state index is -0.378. The van der Waals surface area contributed by atoms with Crippen LogP contribution >= 0.6 is 0 Å². The largest absolute Gasteiger partial charge is 0.497 e. The fraction of sp³-hybridized carbons (Fsp3) is 0.208. The number of nitrogens with one attached hydrogen (secondary N) is 2. The number of hydrogen-bond acceptors (Lipinski definition) is 7. The van der Waals surface area contributed by atoms with E-state index in [2.05, 4.69) is 20.6 Å². The van der Waals surface area contributed by atoms with E-state index in [0.717, 1.165) is 5.69 Å². The van der Waals surface area contributed by atoms with Gasteiger partial charge in [0.05, 0.1) is 26.5 Å². The number of aliphatic imine (C=N–C) groups is 1. The number of carbonyl (C=O) groups excluding carboxylic acids is 1. The van der Waals surface area contributed by atoms with Gasteiger partial charge < -0.3 is 24.3 Å². The molecular formula is C24H24N4O5. The summed E-state index contributed by atoms with van der Waals surface area (Å²) in [4.78, 5) is 21.8. The predicted molar refractivity (Wildman–Crippen MR) is 123 cm³/mol. The van der Waals surface area contributed by atoms with Gasteiger partial charge in [0.1, 0.15) is 24.7 Å². The first-order chi connectivity index (χ1) is 16.1. The number of pyridine rings is 1. The van der Waals surface area contributed by atoms with Crippen LogP contribution in [-0.2, 0) is 6.54 Å². The lowest BCUT2D eigenvalue weighted by Crippen LogP contribution is -2.36. The molecule has 2 heterocycles. The van der Waals surface area contributed by atoms with E-state index in [1.165, 1.54) is 14.2 Å². The molecule has 33 heavy (non-hydrogen) atoms. The van der Waals surface area contributed by atoms with Crippen molar-refractivity contribution in [2.75, 3.05) is 32.8 Å². The number of ether oxygens (including phenoxy) is 4. The third-order valence-electron chi connectivity index (χ3n) is 4.78. The van der Waals surface area contributed by atoms with Crippen molar-refractivity contribution in [2.24, 2.45) is 4.99 Å². The van der Waals surface area contributed by atoms with Gasteiger partial charge in [-0.25, -0.2) is 4.99 Å². The zero-order valence-corrected chi connectivity index (χ0v) is 18.3. The van der Waals surface area contributed by atoms with E-state index in [0.29, 0.717) is 47.5 Å².